The molecule has 0 bridgehead atoms. The summed E-state index contributed by atoms with van der Waals surface area (Å²) in [5.74, 6) is -1.77. The van der Waals surface area contributed by atoms with Crippen LogP contribution in [-0.4, -0.2) is 29.6 Å². The molecule has 2 atom stereocenters. The lowest BCUT2D eigenvalue weighted by Gasteiger charge is -2.35. The maximum absolute atomic E-state index is 13.9. The number of amides is 1. The molecule has 0 aliphatic carbocycles. The van der Waals surface area contributed by atoms with Crippen LogP contribution >= 0.6 is 34.5 Å². The molecule has 1 amide bonds. The van der Waals surface area contributed by atoms with Crippen LogP contribution in [0.3, 0.4) is 0 Å². The van der Waals surface area contributed by atoms with Crippen molar-refractivity contribution in [2.45, 2.75) is 26.3 Å². The number of carbonyl (C=O) groups excluding carboxylic acids is 1. The molecule has 34 heavy (non-hydrogen) atoms. The molecule has 176 valence electrons. The average molecular weight is 517 g/mol. The lowest BCUT2D eigenvalue weighted by molar-refractivity contribution is 0.0702. The van der Waals surface area contributed by atoms with Gasteiger partial charge in [-0.25, -0.2) is 4.79 Å². The second-order valence-corrected chi connectivity index (χ2v) is 9.56. The third kappa shape index (κ3) is 5.54. The Morgan fingerprint density at radius 2 is 1.88 bits per heavy atom. The molecule has 0 aliphatic rings. The lowest BCUT2D eigenvalue weighted by atomic mass is 9.96. The van der Waals surface area contributed by atoms with Gasteiger partial charge in [-0.3, -0.25) is 4.79 Å². The van der Waals surface area contributed by atoms with Crippen LogP contribution in [0.5, 0.6) is 0 Å². The van der Waals surface area contributed by atoms with E-state index in [1.54, 1.807) is 12.1 Å². The predicted molar refractivity (Wildman–Crippen MR) is 137 cm³/mol. The van der Waals surface area contributed by atoms with E-state index in [2.05, 4.69) is 10.0 Å². The fourth-order valence-electron chi connectivity index (χ4n) is 3.60. The number of nitrogens with zero attached hydrogens (tertiary/aromatic N) is 4. The highest BCUT2D eigenvalue weighted by atomic mass is 35.5. The maximum atomic E-state index is 13.9. The molecule has 1 heterocycles. The number of anilines is 1. The fraction of sp³-hybridized carbons (Fsp3) is 0.250. The molecule has 10 heteroatoms. The highest BCUT2D eigenvalue weighted by molar-refractivity contribution is 7.18. The average Bonchev–Trinajstić information content (AvgIpc) is 3.27. The zero-order valence-electron chi connectivity index (χ0n) is 18.5. The van der Waals surface area contributed by atoms with E-state index in [0.717, 1.165) is 16.9 Å². The Morgan fingerprint density at radius 3 is 2.47 bits per heavy atom. The Balaban J connectivity index is 2.26. The highest BCUT2D eigenvalue weighted by Crippen LogP contribution is 2.40. The Labute approximate surface area is 211 Å². The molecule has 0 fully saturated rings. The summed E-state index contributed by atoms with van der Waals surface area (Å²) in [6.45, 7) is 3.84. The van der Waals surface area contributed by atoms with Gasteiger partial charge in [0.15, 0.2) is 0 Å². The third-order valence-electron chi connectivity index (χ3n) is 5.57. The van der Waals surface area contributed by atoms with Crippen molar-refractivity contribution in [3.63, 3.8) is 0 Å². The van der Waals surface area contributed by atoms with E-state index in [0.29, 0.717) is 16.3 Å². The van der Waals surface area contributed by atoms with Gasteiger partial charge in [-0.1, -0.05) is 78.9 Å². The Bertz CT molecular complexity index is 1240. The number of hydrogen-bond donors (Lipinski definition) is 1. The maximum Gasteiger partial charge on any atom is 0.348 e. The number of carbonyl (C=O) groups is 2. The van der Waals surface area contributed by atoms with Gasteiger partial charge in [-0.2, -0.15) is 0 Å². The van der Waals surface area contributed by atoms with Gasteiger partial charge >= 0.3 is 5.97 Å². The summed E-state index contributed by atoms with van der Waals surface area (Å²) >= 11 is 13.5. The molecular weight excluding hydrogens is 495 g/mol. The second kappa shape index (κ2) is 11.4. The van der Waals surface area contributed by atoms with Crippen molar-refractivity contribution in [1.82, 2.24) is 0 Å². The van der Waals surface area contributed by atoms with Gasteiger partial charge in [0.2, 0.25) is 0 Å². The molecule has 3 aromatic rings. The van der Waals surface area contributed by atoms with E-state index in [9.17, 15) is 14.7 Å². The van der Waals surface area contributed by atoms with Crippen molar-refractivity contribution in [2.75, 3.05) is 11.4 Å². The largest absolute Gasteiger partial charge is 0.477 e. The van der Waals surface area contributed by atoms with E-state index in [1.165, 1.54) is 17.0 Å². The predicted octanol–water partition coefficient (Wildman–Crippen LogP) is 7.79. The first-order valence-corrected chi connectivity index (χ1v) is 12.1. The lowest BCUT2D eigenvalue weighted by Crippen LogP contribution is -2.46. The topological polar surface area (TPSA) is 106 Å². The molecule has 1 N–H and O–H groups in total. The van der Waals surface area contributed by atoms with Crippen LogP contribution in [-0.2, 0) is 0 Å². The minimum atomic E-state index is -1.16. The number of thiophene rings is 1. The molecule has 1 aromatic heterocycles. The molecule has 0 radical (unpaired) electrons. The van der Waals surface area contributed by atoms with Crippen molar-refractivity contribution in [3.8, 4) is 10.4 Å². The molecular formula is C24H22Cl2N4O3S. The number of carboxylic acid groups (broad SMARTS) is 1. The van der Waals surface area contributed by atoms with Crippen molar-refractivity contribution in [3.05, 3.63) is 85.5 Å². The minimum absolute atomic E-state index is 0.00605. The van der Waals surface area contributed by atoms with E-state index < -0.39 is 17.9 Å². The van der Waals surface area contributed by atoms with Gasteiger partial charge in [0.1, 0.15) is 4.88 Å². The third-order valence-corrected chi connectivity index (χ3v) is 7.28. The number of aromatic carboxylic acids is 1. The Morgan fingerprint density at radius 1 is 1.18 bits per heavy atom. The standard InChI is InChI=1S/C24H22Cl2N4O3S/c1-3-14(2)20(13-28-29-27)30(23(31)17-10-9-16(25)11-18(17)26)19-12-21(34-22(19)24(32)33)15-7-5-4-6-8-15/h4-12,14,20H,3,13H2,1-2H3,(H,32,33). The quantitative estimate of drug-likeness (QED) is 0.178. The van der Waals surface area contributed by atoms with E-state index in [1.807, 2.05) is 44.2 Å². The number of benzene rings is 2. The van der Waals surface area contributed by atoms with Crippen molar-refractivity contribution in [2.24, 2.45) is 11.0 Å². The summed E-state index contributed by atoms with van der Waals surface area (Å²) in [6.07, 6.45) is 0.668. The summed E-state index contributed by atoms with van der Waals surface area (Å²) < 4.78 is 0. The summed E-state index contributed by atoms with van der Waals surface area (Å²) in [6, 6.07) is 14.9. The fourth-order valence-corrected chi connectivity index (χ4v) is 5.08. The molecule has 0 saturated heterocycles. The molecule has 0 spiro atoms. The second-order valence-electron chi connectivity index (χ2n) is 7.66. The molecule has 0 aliphatic heterocycles. The van der Waals surface area contributed by atoms with Crippen LogP contribution in [0, 0.1) is 5.92 Å². The van der Waals surface area contributed by atoms with E-state index in [4.69, 9.17) is 28.7 Å². The number of rotatable bonds is 9. The van der Waals surface area contributed by atoms with Gasteiger partial charge in [-0.15, -0.1) is 11.3 Å². The normalized spacial score (nSPS) is 12.5. The zero-order valence-corrected chi connectivity index (χ0v) is 20.8. The first-order valence-electron chi connectivity index (χ1n) is 10.5. The van der Waals surface area contributed by atoms with Gasteiger partial charge in [-0.05, 0) is 41.3 Å². The number of halogens is 2. The van der Waals surface area contributed by atoms with Crippen LogP contribution < -0.4 is 4.90 Å². The van der Waals surface area contributed by atoms with E-state index in [-0.39, 0.29) is 33.6 Å². The number of carboxylic acids is 1. The molecule has 0 saturated carbocycles. The van der Waals surface area contributed by atoms with Gasteiger partial charge in [0.05, 0.1) is 16.3 Å². The number of azide groups is 1. The smallest absolute Gasteiger partial charge is 0.348 e. The summed E-state index contributed by atoms with van der Waals surface area (Å²) in [7, 11) is 0. The van der Waals surface area contributed by atoms with Crippen LogP contribution in [0.4, 0.5) is 5.69 Å². The van der Waals surface area contributed by atoms with E-state index >= 15 is 0 Å². The van der Waals surface area contributed by atoms with Gasteiger partial charge in [0.25, 0.3) is 5.91 Å². The van der Waals surface area contributed by atoms with Crippen LogP contribution in [0.1, 0.15) is 40.3 Å². The Kier molecular flexibility index (Phi) is 8.58. The van der Waals surface area contributed by atoms with Crippen molar-refractivity contribution < 1.29 is 14.7 Å². The van der Waals surface area contributed by atoms with Crippen molar-refractivity contribution >= 4 is 52.1 Å². The van der Waals surface area contributed by atoms with Crippen molar-refractivity contribution in [1.29, 1.82) is 0 Å². The van der Waals surface area contributed by atoms with Gasteiger partial charge < -0.3 is 10.0 Å². The summed E-state index contributed by atoms with van der Waals surface area (Å²) in [5, 5.41) is 14.3. The highest BCUT2D eigenvalue weighted by Gasteiger charge is 2.34. The summed E-state index contributed by atoms with van der Waals surface area (Å²) in [4.78, 5) is 31.1. The zero-order chi connectivity index (χ0) is 24.8. The molecule has 7 nitrogen and oxygen atoms in total. The molecule has 2 aromatic carbocycles. The van der Waals surface area contributed by atoms with Gasteiger partial charge in [0, 0.05) is 27.4 Å². The SMILES string of the molecule is CCC(C)C(CN=[N+]=[N-])N(C(=O)c1ccc(Cl)cc1Cl)c1cc(-c2ccccc2)sc1C(=O)O. The Hall–Kier alpha value is -3.03. The minimum Gasteiger partial charge on any atom is -0.477 e. The monoisotopic (exact) mass is 516 g/mol. The first kappa shape index (κ1) is 25.6. The van der Waals surface area contributed by atoms with Crippen LogP contribution in [0.2, 0.25) is 10.0 Å². The van der Waals surface area contributed by atoms with Crippen LogP contribution in [0.25, 0.3) is 20.9 Å². The first-order chi connectivity index (χ1) is 16.3. The molecule has 2 unspecified atom stereocenters. The summed E-state index contributed by atoms with van der Waals surface area (Å²) in [5.41, 5.74) is 10.2. The van der Waals surface area contributed by atoms with Crippen LogP contribution in [0.15, 0.2) is 59.7 Å². The molecule has 3 rings (SSSR count). The number of hydrogen-bond acceptors (Lipinski definition) is 4.